The van der Waals surface area contributed by atoms with Crippen molar-refractivity contribution in [1.82, 2.24) is 95.4 Å². The average molecular weight is 1810 g/mol. The molecule has 0 saturated heterocycles. The van der Waals surface area contributed by atoms with Gasteiger partial charge in [-0.05, 0) is 106 Å². The van der Waals surface area contributed by atoms with Crippen LogP contribution >= 0.6 is 22.2 Å². The lowest BCUT2D eigenvalue weighted by Gasteiger charge is -2.31. The Bertz CT molecular complexity index is 4300. The second kappa shape index (κ2) is 58.3. The molecule has 1 aromatic heterocycles. The number of rotatable bonds is 59. The fourth-order valence-corrected chi connectivity index (χ4v) is 16.4. The number of nitrogens with two attached hydrogens (primary N) is 3. The quantitative estimate of drug-likeness (QED) is 0.0165. The lowest BCUT2D eigenvalue weighted by atomic mass is 9.84. The topological polar surface area (TPSA) is 603 Å². The Balaban J connectivity index is 1.21. The van der Waals surface area contributed by atoms with E-state index in [4.69, 9.17) is 22.3 Å². The summed E-state index contributed by atoms with van der Waals surface area (Å²) in [6, 6.07) is 13.8. The number of unbranched alkanes of at least 4 members (excludes halogenated alkanes) is 7. The number of thioether (sulfide) groups is 1. The number of aliphatic hydroxyl groups is 1. The van der Waals surface area contributed by atoms with E-state index in [1.807, 2.05) is 86.0 Å². The molecule has 127 heavy (non-hydrogen) atoms. The number of nitrogens with zero attached hydrogens (tertiary/aromatic N) is 1. The number of carboxylic acid groups (broad SMARTS) is 1. The van der Waals surface area contributed by atoms with Gasteiger partial charge in [-0.15, -0.1) is 27.8 Å². The molecule has 39 nitrogen and oxygen atoms in total. The first kappa shape index (κ1) is 106. The van der Waals surface area contributed by atoms with Crippen LogP contribution in [0.4, 0.5) is 4.79 Å². The number of amides is 16. The molecule has 702 valence electrons. The van der Waals surface area contributed by atoms with Crippen LogP contribution in [0.2, 0.25) is 0 Å². The van der Waals surface area contributed by atoms with Crippen LogP contribution in [0.3, 0.4) is 0 Å². The van der Waals surface area contributed by atoms with E-state index in [1.54, 1.807) is 32.2 Å². The number of aliphatic carboxylic acids is 1. The lowest BCUT2D eigenvalue weighted by molar-refractivity contribution is -0.140. The third-order valence-electron chi connectivity index (χ3n) is 21.0. The van der Waals surface area contributed by atoms with Crippen LogP contribution in [0.1, 0.15) is 163 Å². The summed E-state index contributed by atoms with van der Waals surface area (Å²) in [6.45, 7) is 7.83. The highest BCUT2D eigenvalue weighted by atomic mass is 32.2. The van der Waals surface area contributed by atoms with Gasteiger partial charge in [-0.1, -0.05) is 171 Å². The lowest BCUT2D eigenvalue weighted by Crippen LogP contribution is -2.60. The summed E-state index contributed by atoms with van der Waals surface area (Å²) in [4.78, 5) is 219. The normalized spacial score (nSPS) is 14.3. The highest BCUT2D eigenvalue weighted by Gasteiger charge is 2.36. The number of para-hydroxylation sites is 1. The van der Waals surface area contributed by atoms with Crippen molar-refractivity contribution in [2.45, 2.75) is 217 Å². The van der Waals surface area contributed by atoms with Crippen molar-refractivity contribution in [3.05, 3.63) is 90.6 Å². The number of hydrogen-bond acceptors (Lipinski definition) is 21. The average Bonchev–Trinajstić information content (AvgIpc) is 1.67. The van der Waals surface area contributed by atoms with Gasteiger partial charge in [-0.25, -0.2) is 4.79 Å². The number of urea groups is 1. The molecule has 1 fully saturated rings. The molecule has 1 aliphatic carbocycles. The number of benzene rings is 3. The Labute approximate surface area is 748 Å². The van der Waals surface area contributed by atoms with Gasteiger partial charge in [-0.2, -0.15) is 0 Å². The first-order valence-corrected chi connectivity index (χ1v) is 45.9. The van der Waals surface area contributed by atoms with E-state index in [1.165, 1.54) is 20.9 Å². The molecule has 1 heterocycles. The van der Waals surface area contributed by atoms with Crippen LogP contribution < -0.4 is 103 Å². The largest absolute Gasteiger partial charge is 0.481 e. The number of H-pyrrole nitrogens is 1. The number of carboxylic acids is 1. The molecule has 0 radical (unpaired) electrons. The summed E-state index contributed by atoms with van der Waals surface area (Å²) in [6.07, 6.45) is 13.0. The highest BCUT2D eigenvalue weighted by molar-refractivity contribution is 8.16. The van der Waals surface area contributed by atoms with Crippen LogP contribution in [0.5, 0.6) is 0 Å². The van der Waals surface area contributed by atoms with E-state index in [9.17, 15) is 81.8 Å². The maximum Gasteiger partial charge on any atom is 0.330 e. The van der Waals surface area contributed by atoms with E-state index in [0.29, 0.717) is 29.8 Å². The van der Waals surface area contributed by atoms with E-state index in [0.717, 1.165) is 109 Å². The van der Waals surface area contributed by atoms with Gasteiger partial charge in [0.15, 0.2) is 0 Å². The summed E-state index contributed by atoms with van der Waals surface area (Å²) in [5.41, 5.74) is 26.6. The number of likely N-dealkylation sites (N-methyl/N-ethyl adjacent to an activating group) is 1. The minimum atomic E-state index is -1.35. The predicted molar refractivity (Wildman–Crippen MR) is 485 cm³/mol. The molecule has 3 aromatic carbocycles. The molecule has 0 spiro atoms. The van der Waals surface area contributed by atoms with Gasteiger partial charge in [0.1, 0.15) is 42.3 Å². The van der Waals surface area contributed by atoms with Crippen molar-refractivity contribution in [2.24, 2.45) is 35.0 Å². The van der Waals surface area contributed by atoms with Crippen LogP contribution in [0, 0.1) is 17.8 Å². The molecule has 16 amide bonds. The van der Waals surface area contributed by atoms with Crippen LogP contribution in [0.15, 0.2) is 90.0 Å². The van der Waals surface area contributed by atoms with Crippen molar-refractivity contribution in [2.75, 3.05) is 83.2 Å². The smallest absolute Gasteiger partial charge is 0.330 e. The minimum absolute atomic E-state index is 0.0127. The zero-order valence-corrected chi connectivity index (χ0v) is 75.4. The zero-order chi connectivity index (χ0) is 93.3. The van der Waals surface area contributed by atoms with Crippen molar-refractivity contribution in [1.29, 1.82) is 0 Å². The summed E-state index contributed by atoms with van der Waals surface area (Å²) in [5.74, 6) is -11.8. The van der Waals surface area contributed by atoms with Crippen molar-refractivity contribution < 1.29 is 86.9 Å². The SMILES string of the molecule is C/C(O)=S(/CC(=O)NCC(=O)N[C@@H](Cc1ccc(-c2ccccc2)cc1)C(=O)NCC(=O)N(C)C(C)C(=O)NC(CC(C)C)C(=O)N[C@@H](CCN)C(=O)N[C@@H](CC1CCCCC1)C(=O)NC(C(=O)NCCNC(CSCC(=O)NCC(=O)NNNC(=O)NCC(N)=O)C(=O)NC(CCN)C(=O)NCCCCCCCCCCC(=O)O)C(C)C)c1c[nH]c2ccccc12. The van der Waals surface area contributed by atoms with Gasteiger partial charge in [-0.3, -0.25) is 82.8 Å². The zero-order valence-electron chi connectivity index (χ0n) is 73.8. The van der Waals surface area contributed by atoms with Crippen LogP contribution in [-0.2, 0) is 78.3 Å². The molecular weight excluding hydrogens is 1680 g/mol. The Morgan fingerprint density at radius 2 is 1.09 bits per heavy atom. The molecule has 41 heteroatoms. The fraction of sp³-hybridized carbons (Fsp3) is 0.570. The Hall–Kier alpha value is -11.1. The van der Waals surface area contributed by atoms with E-state index in [-0.39, 0.29) is 98.8 Å². The number of hydrazine groups is 2. The Kier molecular flexibility index (Phi) is 48.8. The third-order valence-corrected chi connectivity index (χ3v) is 24.2. The number of aromatic amines is 1. The molecule has 4 aromatic rings. The summed E-state index contributed by atoms with van der Waals surface area (Å²) in [7, 11) is 0.279. The molecule has 1 saturated carbocycles. The Morgan fingerprint density at radius 1 is 0.528 bits per heavy atom. The van der Waals surface area contributed by atoms with Gasteiger partial charge in [0.05, 0.1) is 48.8 Å². The van der Waals surface area contributed by atoms with Crippen molar-refractivity contribution >= 4 is 133 Å². The van der Waals surface area contributed by atoms with Gasteiger partial charge >= 0.3 is 12.0 Å². The second-order valence-electron chi connectivity index (χ2n) is 32.1. The molecule has 1 aliphatic rings. The molecule has 9 atom stereocenters. The van der Waals surface area contributed by atoms with Crippen LogP contribution in [0.25, 0.3) is 22.0 Å². The summed E-state index contributed by atoms with van der Waals surface area (Å²) < 4.78 is 0. The predicted octanol–water partition coefficient (Wildman–Crippen LogP) is 0.727. The highest BCUT2D eigenvalue weighted by Crippen LogP contribution is 2.35. The summed E-state index contributed by atoms with van der Waals surface area (Å²) in [5, 5.41) is 55.5. The van der Waals surface area contributed by atoms with Gasteiger partial charge in [0.25, 0.3) is 5.91 Å². The second-order valence-corrected chi connectivity index (χ2v) is 35.2. The first-order valence-electron chi connectivity index (χ1n) is 43.3. The van der Waals surface area contributed by atoms with Gasteiger partial charge in [0, 0.05) is 67.3 Å². The molecule has 25 N–H and O–H groups in total. The van der Waals surface area contributed by atoms with Crippen LogP contribution in [-0.4, -0.2) is 251 Å². The number of carbonyl (C=O) groups is 16. The minimum Gasteiger partial charge on any atom is -0.481 e. The van der Waals surface area contributed by atoms with E-state index >= 15 is 0 Å². The number of carbonyl (C=O) groups excluding carboxylic acids is 15. The van der Waals surface area contributed by atoms with Gasteiger partial charge < -0.3 is 106 Å². The maximum atomic E-state index is 14.7. The number of nitrogens with one attached hydrogen (secondary N) is 17. The van der Waals surface area contributed by atoms with Gasteiger partial charge in [0.2, 0.25) is 76.8 Å². The van der Waals surface area contributed by atoms with Crippen molar-refractivity contribution in [3.8, 4) is 11.1 Å². The summed E-state index contributed by atoms with van der Waals surface area (Å²) >= 11 is 0.998. The molecule has 0 aliphatic heterocycles. The standard InChI is InChI=1S/C86H133N21O18S2/c1-53(2)42-65(101-78(117)55(5)107(7)75(114)49-96-80(119)66(44-58-31-33-60(34-32-58)59-26-18-15-19-27-59)98-71(110)47-95-74(113)52-127(56(6)108)69-45-93-62-29-22-21-28-61(62)69)82(121)100-64(36-38-88)81(120)102-67(43-57-24-16-14-17-25-57)83(122)103-77(54(3)4)85(124)92-41-40-90-68(50-126-51-73(112)94-48-72(111)104-106-105-86(125)97-46-70(89)109)84(123)99-63(35-37-87)79(118)91-39-23-13-11-9-8-10-12-20-30-76(115)116/h15,18-19,21-22,26-29,31-34,45,53-55,57,63-68,77,90,93,106,108H,8-14,16-17,20,23-25,30,35-44,46-52,87-88H2,1-7H3,(H2,89,109)(H,91,118)(H,92,124)(H,94,112)(H,95,113)(H,96,119)(H,98,110)(H,99,123)(H,100,121)(H,101,117)(H,102,120)(H,103,122)(H,104,111)(H,115,116)(H2,97,105,125)/t55?,63?,64-,65?,66-,67-,68?,77?,127?/m0/s1. The Morgan fingerprint density at radius 3 is 1.73 bits per heavy atom. The number of aliphatic hydroxyl groups excluding tert-OH is 1. The number of aromatic nitrogens is 1. The molecular formula is C86H133N21O18S2. The molecule has 5 rings (SSSR count). The third kappa shape index (κ3) is 40.6. The number of fused-ring (bicyclic) bond motifs is 1. The fourth-order valence-electron chi connectivity index (χ4n) is 13.8. The first-order chi connectivity index (χ1) is 60.7. The van der Waals surface area contributed by atoms with E-state index < -0.39 is 186 Å². The maximum absolute atomic E-state index is 14.7. The molecule has 0 bridgehead atoms. The van der Waals surface area contributed by atoms with E-state index in [2.05, 4.69) is 85.1 Å². The number of hydrogen-bond donors (Lipinski definition) is 22. The van der Waals surface area contributed by atoms with Crippen molar-refractivity contribution in [3.63, 3.8) is 0 Å². The molecule has 6 unspecified atom stereocenters. The number of primary amides is 1. The monoisotopic (exact) mass is 1810 g/mol.